The lowest BCUT2D eigenvalue weighted by Gasteiger charge is -2.25. The van der Waals surface area contributed by atoms with Crippen LogP contribution in [0.25, 0.3) is 0 Å². The zero-order valence-corrected chi connectivity index (χ0v) is 10.2. The van der Waals surface area contributed by atoms with Crippen molar-refractivity contribution in [3.05, 3.63) is 35.1 Å². The number of benzene rings is 1. The number of hydrogen-bond donors (Lipinski definition) is 2. The van der Waals surface area contributed by atoms with Gasteiger partial charge in [-0.2, -0.15) is 0 Å². The maximum atomic E-state index is 13.4. The van der Waals surface area contributed by atoms with E-state index in [9.17, 15) is 9.50 Å². The van der Waals surface area contributed by atoms with E-state index < -0.39 is 6.10 Å². The van der Waals surface area contributed by atoms with Gasteiger partial charge in [0.2, 0.25) is 0 Å². The third kappa shape index (κ3) is 3.27. The minimum Gasteiger partial charge on any atom is -0.388 e. The van der Waals surface area contributed by atoms with Crippen LogP contribution in [0.2, 0.25) is 0 Å². The highest BCUT2D eigenvalue weighted by molar-refractivity contribution is 5.25. The fourth-order valence-electron chi connectivity index (χ4n) is 2.35. The SMILES string of the molecule is Cc1ccc(C(O)CC2CCCCN2)cc1F. The van der Waals surface area contributed by atoms with Crippen LogP contribution >= 0.6 is 0 Å². The van der Waals surface area contributed by atoms with Crippen molar-refractivity contribution in [1.29, 1.82) is 0 Å². The standard InChI is InChI=1S/C14H20FNO/c1-10-5-6-11(8-13(10)15)14(17)9-12-4-2-3-7-16-12/h5-6,8,12,14,16-17H,2-4,7,9H2,1H3. The van der Waals surface area contributed by atoms with Gasteiger partial charge >= 0.3 is 0 Å². The minimum absolute atomic E-state index is 0.238. The van der Waals surface area contributed by atoms with E-state index >= 15 is 0 Å². The van der Waals surface area contributed by atoms with Crippen molar-refractivity contribution in [3.8, 4) is 0 Å². The second-order valence-corrected chi connectivity index (χ2v) is 4.91. The molecule has 2 unspecified atom stereocenters. The van der Waals surface area contributed by atoms with Gasteiger partial charge in [-0.05, 0) is 49.9 Å². The molecule has 2 N–H and O–H groups in total. The largest absolute Gasteiger partial charge is 0.388 e. The van der Waals surface area contributed by atoms with Crippen LogP contribution in [0.4, 0.5) is 4.39 Å². The second-order valence-electron chi connectivity index (χ2n) is 4.91. The van der Waals surface area contributed by atoms with Gasteiger partial charge in [-0.1, -0.05) is 18.6 Å². The fraction of sp³-hybridized carbons (Fsp3) is 0.571. The molecule has 0 aliphatic carbocycles. The molecule has 2 rings (SSSR count). The number of rotatable bonds is 3. The van der Waals surface area contributed by atoms with Crippen LogP contribution in [0.3, 0.4) is 0 Å². The highest BCUT2D eigenvalue weighted by Gasteiger charge is 2.18. The van der Waals surface area contributed by atoms with Crippen molar-refractivity contribution in [2.24, 2.45) is 0 Å². The number of nitrogens with one attached hydrogen (secondary N) is 1. The molecule has 0 radical (unpaired) electrons. The van der Waals surface area contributed by atoms with Crippen molar-refractivity contribution >= 4 is 0 Å². The Balaban J connectivity index is 1.98. The Bertz CT molecular complexity index is 374. The van der Waals surface area contributed by atoms with Crippen LogP contribution in [0.15, 0.2) is 18.2 Å². The lowest BCUT2D eigenvalue weighted by Crippen LogP contribution is -2.35. The van der Waals surface area contributed by atoms with E-state index in [0.29, 0.717) is 23.6 Å². The van der Waals surface area contributed by atoms with Gasteiger partial charge in [0.1, 0.15) is 5.82 Å². The maximum Gasteiger partial charge on any atom is 0.126 e. The average molecular weight is 237 g/mol. The van der Waals surface area contributed by atoms with Crippen LogP contribution in [-0.2, 0) is 0 Å². The molecule has 1 aromatic rings. The Hall–Kier alpha value is -0.930. The van der Waals surface area contributed by atoms with E-state index in [0.717, 1.165) is 13.0 Å². The molecule has 2 nitrogen and oxygen atoms in total. The maximum absolute atomic E-state index is 13.4. The molecule has 17 heavy (non-hydrogen) atoms. The molecule has 0 saturated carbocycles. The number of piperidine rings is 1. The fourth-order valence-corrected chi connectivity index (χ4v) is 2.35. The summed E-state index contributed by atoms with van der Waals surface area (Å²) in [6.07, 6.45) is 3.63. The number of aliphatic hydroxyl groups excluding tert-OH is 1. The molecular weight excluding hydrogens is 217 g/mol. The van der Waals surface area contributed by atoms with Gasteiger partial charge in [0, 0.05) is 6.04 Å². The number of aliphatic hydroxyl groups is 1. The molecule has 0 bridgehead atoms. The first-order valence-corrected chi connectivity index (χ1v) is 6.34. The molecule has 2 atom stereocenters. The van der Waals surface area contributed by atoms with Gasteiger partial charge in [-0.3, -0.25) is 0 Å². The van der Waals surface area contributed by atoms with E-state index in [1.54, 1.807) is 13.0 Å². The molecule has 1 heterocycles. The summed E-state index contributed by atoms with van der Waals surface area (Å²) in [7, 11) is 0. The van der Waals surface area contributed by atoms with Crippen LogP contribution in [0.1, 0.15) is 42.9 Å². The lowest BCUT2D eigenvalue weighted by molar-refractivity contribution is 0.144. The predicted molar refractivity (Wildman–Crippen MR) is 66.4 cm³/mol. The molecular formula is C14H20FNO. The molecule has 0 amide bonds. The molecule has 1 aliphatic heterocycles. The zero-order valence-electron chi connectivity index (χ0n) is 10.2. The summed E-state index contributed by atoms with van der Waals surface area (Å²) in [6, 6.07) is 5.35. The van der Waals surface area contributed by atoms with Gasteiger partial charge < -0.3 is 10.4 Å². The first-order chi connectivity index (χ1) is 8.16. The third-order valence-corrected chi connectivity index (χ3v) is 3.50. The first kappa shape index (κ1) is 12.5. The quantitative estimate of drug-likeness (QED) is 0.847. The summed E-state index contributed by atoms with van der Waals surface area (Å²) < 4.78 is 13.4. The number of aryl methyl sites for hydroxylation is 1. The molecule has 94 valence electrons. The van der Waals surface area contributed by atoms with Gasteiger partial charge in [-0.15, -0.1) is 0 Å². The average Bonchev–Trinajstić information content (AvgIpc) is 2.34. The molecule has 0 spiro atoms. The molecule has 1 aromatic carbocycles. The number of halogens is 1. The van der Waals surface area contributed by atoms with Crippen molar-refractivity contribution < 1.29 is 9.50 Å². The molecule has 1 fully saturated rings. The Labute approximate surface area is 102 Å². The van der Waals surface area contributed by atoms with E-state index in [1.165, 1.54) is 18.9 Å². The minimum atomic E-state index is -0.569. The molecule has 3 heteroatoms. The van der Waals surface area contributed by atoms with Gasteiger partial charge in [0.25, 0.3) is 0 Å². The third-order valence-electron chi connectivity index (χ3n) is 3.50. The lowest BCUT2D eigenvalue weighted by atomic mass is 9.95. The van der Waals surface area contributed by atoms with Crippen molar-refractivity contribution in [2.45, 2.75) is 44.8 Å². The van der Waals surface area contributed by atoms with Crippen molar-refractivity contribution in [2.75, 3.05) is 6.54 Å². The van der Waals surface area contributed by atoms with Crippen LogP contribution in [0.5, 0.6) is 0 Å². The van der Waals surface area contributed by atoms with Gasteiger partial charge in [0.05, 0.1) is 6.10 Å². The molecule has 1 saturated heterocycles. The Morgan fingerprint density at radius 3 is 2.94 bits per heavy atom. The monoisotopic (exact) mass is 237 g/mol. The summed E-state index contributed by atoms with van der Waals surface area (Å²) in [5.41, 5.74) is 1.30. The highest BCUT2D eigenvalue weighted by atomic mass is 19.1. The van der Waals surface area contributed by atoms with Gasteiger partial charge in [0.15, 0.2) is 0 Å². The predicted octanol–water partition coefficient (Wildman–Crippen LogP) is 2.70. The molecule has 0 aromatic heterocycles. The Morgan fingerprint density at radius 2 is 2.29 bits per heavy atom. The molecule has 1 aliphatic rings. The second kappa shape index (κ2) is 5.61. The number of hydrogen-bond acceptors (Lipinski definition) is 2. The van der Waals surface area contributed by atoms with E-state index in [4.69, 9.17) is 0 Å². The van der Waals surface area contributed by atoms with Crippen LogP contribution in [-0.4, -0.2) is 17.7 Å². The topological polar surface area (TPSA) is 32.3 Å². The zero-order chi connectivity index (χ0) is 12.3. The summed E-state index contributed by atoms with van der Waals surface area (Å²) in [5, 5.41) is 13.5. The van der Waals surface area contributed by atoms with E-state index in [-0.39, 0.29) is 5.82 Å². The van der Waals surface area contributed by atoms with Crippen molar-refractivity contribution in [3.63, 3.8) is 0 Å². The smallest absolute Gasteiger partial charge is 0.126 e. The van der Waals surface area contributed by atoms with Crippen LogP contribution < -0.4 is 5.32 Å². The van der Waals surface area contributed by atoms with E-state index in [1.807, 2.05) is 6.07 Å². The van der Waals surface area contributed by atoms with Crippen LogP contribution in [0, 0.1) is 12.7 Å². The summed E-state index contributed by atoms with van der Waals surface area (Å²) in [6.45, 7) is 2.76. The van der Waals surface area contributed by atoms with Gasteiger partial charge in [-0.25, -0.2) is 4.39 Å². The first-order valence-electron chi connectivity index (χ1n) is 6.34. The van der Waals surface area contributed by atoms with Crippen molar-refractivity contribution in [1.82, 2.24) is 5.32 Å². The Kier molecular flexibility index (Phi) is 4.13. The summed E-state index contributed by atoms with van der Waals surface area (Å²) in [4.78, 5) is 0. The normalized spacial score (nSPS) is 22.4. The van der Waals surface area contributed by atoms with E-state index in [2.05, 4.69) is 5.32 Å². The highest BCUT2D eigenvalue weighted by Crippen LogP contribution is 2.23. The summed E-state index contributed by atoms with van der Waals surface area (Å²) >= 11 is 0. The summed E-state index contributed by atoms with van der Waals surface area (Å²) in [5.74, 6) is -0.238. The Morgan fingerprint density at radius 1 is 1.47 bits per heavy atom.